The second-order valence-electron chi connectivity index (χ2n) is 6.30. The zero-order chi connectivity index (χ0) is 21.4. The number of Topliss-reactive ketones (excluding diaryl/α,β-unsaturated/α-hetero) is 1. The molecule has 3 N–H and O–H groups in total. The molecule has 0 radical (unpaired) electrons. The SMILES string of the molecule is COc1ccc2c(C[C@H](OC)C(=O)N[C@@H](CCC(=O)C=[N+]=[N-])C(=O)O)c[nH]c2c1. The number of H-pyrrole nitrogens is 1. The molecule has 0 saturated carbocycles. The number of ether oxygens (including phenoxy) is 2. The highest BCUT2D eigenvalue weighted by molar-refractivity contribution is 6.25. The van der Waals surface area contributed by atoms with Crippen molar-refractivity contribution in [3.05, 3.63) is 35.5 Å². The summed E-state index contributed by atoms with van der Waals surface area (Å²) in [6, 6.07) is 4.21. The van der Waals surface area contributed by atoms with Gasteiger partial charge in [0, 0.05) is 43.1 Å². The number of amides is 1. The first-order valence-electron chi connectivity index (χ1n) is 8.79. The van der Waals surface area contributed by atoms with E-state index in [0.29, 0.717) is 12.0 Å². The van der Waals surface area contributed by atoms with E-state index in [4.69, 9.17) is 15.0 Å². The van der Waals surface area contributed by atoms with Crippen LogP contribution >= 0.6 is 0 Å². The van der Waals surface area contributed by atoms with Crippen molar-refractivity contribution in [1.82, 2.24) is 10.3 Å². The zero-order valence-corrected chi connectivity index (χ0v) is 16.0. The predicted molar refractivity (Wildman–Crippen MR) is 103 cm³/mol. The predicted octanol–water partition coefficient (Wildman–Crippen LogP) is 0.953. The first-order valence-corrected chi connectivity index (χ1v) is 8.79. The highest BCUT2D eigenvalue weighted by Crippen LogP contribution is 2.24. The molecule has 1 aromatic carbocycles. The minimum atomic E-state index is -1.28. The Kier molecular flexibility index (Phi) is 7.64. The molecule has 2 atom stereocenters. The Bertz CT molecular complexity index is 947. The molecule has 1 amide bonds. The van der Waals surface area contributed by atoms with E-state index in [9.17, 15) is 19.5 Å². The van der Waals surface area contributed by atoms with Gasteiger partial charge in [-0.15, -0.1) is 0 Å². The highest BCUT2D eigenvalue weighted by Gasteiger charge is 2.26. The number of carbonyl (C=O) groups is 3. The Morgan fingerprint density at radius 3 is 2.72 bits per heavy atom. The number of nitrogens with one attached hydrogen (secondary N) is 2. The number of carboxylic acid groups (broad SMARTS) is 1. The van der Waals surface area contributed by atoms with Gasteiger partial charge in [0.05, 0.1) is 7.11 Å². The van der Waals surface area contributed by atoms with Crippen LogP contribution in [0.2, 0.25) is 0 Å². The van der Waals surface area contributed by atoms with Crippen LogP contribution in [0.15, 0.2) is 24.4 Å². The topological polar surface area (TPSA) is 154 Å². The molecule has 10 heteroatoms. The number of methoxy groups -OCH3 is 2. The van der Waals surface area contributed by atoms with Crippen LogP contribution in [0.4, 0.5) is 0 Å². The molecule has 0 aliphatic rings. The van der Waals surface area contributed by atoms with E-state index in [0.717, 1.165) is 16.5 Å². The number of benzene rings is 1. The fraction of sp³-hybridized carbons (Fsp3) is 0.368. The van der Waals surface area contributed by atoms with Gasteiger partial charge in [-0.2, -0.15) is 4.79 Å². The molecular formula is C19H22N4O6. The average molecular weight is 402 g/mol. The summed E-state index contributed by atoms with van der Waals surface area (Å²) in [5.41, 5.74) is 9.98. The maximum Gasteiger partial charge on any atom is 0.326 e. The number of rotatable bonds is 11. The van der Waals surface area contributed by atoms with E-state index in [1.807, 2.05) is 12.1 Å². The lowest BCUT2D eigenvalue weighted by Crippen LogP contribution is -2.46. The standard InChI is InChI=1S/C19H22N4O6/c1-28-13-4-5-14-11(9-21-16(14)8-13)7-17(29-2)18(25)23-15(19(26)27)6-3-12(24)10-22-20/h4-5,8-10,15,17,21H,3,6-7H2,1-2H3,(H,23,25)(H,26,27)/t15-,17-/m0/s1. The summed E-state index contributed by atoms with van der Waals surface area (Å²) in [5.74, 6) is -1.74. The highest BCUT2D eigenvalue weighted by atomic mass is 16.5. The third kappa shape index (κ3) is 5.74. The van der Waals surface area contributed by atoms with Crippen LogP contribution in [0.5, 0.6) is 5.75 Å². The summed E-state index contributed by atoms with van der Waals surface area (Å²) in [6.45, 7) is 0. The van der Waals surface area contributed by atoms with Crippen molar-refractivity contribution in [1.29, 1.82) is 0 Å². The third-order valence-electron chi connectivity index (χ3n) is 4.45. The van der Waals surface area contributed by atoms with Crippen LogP contribution in [0.3, 0.4) is 0 Å². The molecule has 0 bridgehead atoms. The van der Waals surface area contributed by atoms with Gasteiger partial charge in [-0.1, -0.05) is 0 Å². The fourth-order valence-corrected chi connectivity index (χ4v) is 2.88. The summed E-state index contributed by atoms with van der Waals surface area (Å²) in [4.78, 5) is 41.0. The van der Waals surface area contributed by atoms with Gasteiger partial charge in [-0.25, -0.2) is 4.79 Å². The van der Waals surface area contributed by atoms with E-state index < -0.39 is 29.8 Å². The van der Waals surface area contributed by atoms with Crippen molar-refractivity contribution < 1.29 is 33.8 Å². The van der Waals surface area contributed by atoms with Crippen molar-refractivity contribution >= 4 is 34.8 Å². The molecule has 10 nitrogen and oxygen atoms in total. The number of ketones is 1. The van der Waals surface area contributed by atoms with Gasteiger partial charge in [-0.05, 0) is 24.1 Å². The van der Waals surface area contributed by atoms with E-state index >= 15 is 0 Å². The number of fused-ring (bicyclic) bond motifs is 1. The number of hydrogen-bond acceptors (Lipinski definition) is 5. The van der Waals surface area contributed by atoms with Crippen molar-refractivity contribution in [3.63, 3.8) is 0 Å². The molecule has 0 spiro atoms. The number of aromatic amines is 1. The molecule has 2 aromatic rings. The van der Waals surface area contributed by atoms with Crippen LogP contribution in [-0.4, -0.2) is 65.1 Å². The van der Waals surface area contributed by atoms with Crippen molar-refractivity contribution in [2.75, 3.05) is 14.2 Å². The van der Waals surface area contributed by atoms with Gasteiger partial charge in [0.1, 0.15) is 17.9 Å². The molecule has 1 aromatic heterocycles. The van der Waals surface area contributed by atoms with Crippen LogP contribution < -0.4 is 10.1 Å². The van der Waals surface area contributed by atoms with E-state index in [2.05, 4.69) is 15.1 Å². The van der Waals surface area contributed by atoms with E-state index in [-0.39, 0.29) is 19.3 Å². The lowest BCUT2D eigenvalue weighted by molar-refractivity contribution is -0.144. The second kappa shape index (κ2) is 10.2. The number of carboxylic acids is 1. The normalized spacial score (nSPS) is 12.6. The lowest BCUT2D eigenvalue weighted by atomic mass is 10.0. The van der Waals surface area contributed by atoms with Gasteiger partial charge in [0.2, 0.25) is 11.7 Å². The van der Waals surface area contributed by atoms with Crippen LogP contribution in [0.1, 0.15) is 18.4 Å². The van der Waals surface area contributed by atoms with Gasteiger partial charge in [0.15, 0.2) is 0 Å². The maximum absolute atomic E-state index is 12.5. The minimum Gasteiger partial charge on any atom is -0.497 e. The molecule has 0 unspecified atom stereocenters. The summed E-state index contributed by atoms with van der Waals surface area (Å²) in [5, 5.41) is 12.6. The first-order chi connectivity index (χ1) is 13.9. The number of aliphatic carboxylic acids is 1. The number of hydrogen-bond donors (Lipinski definition) is 3. The largest absolute Gasteiger partial charge is 0.497 e. The van der Waals surface area contributed by atoms with Crippen molar-refractivity contribution in [3.8, 4) is 5.75 Å². The number of aromatic nitrogens is 1. The minimum absolute atomic E-state index is 0.144. The smallest absolute Gasteiger partial charge is 0.326 e. The summed E-state index contributed by atoms with van der Waals surface area (Å²) in [7, 11) is 2.93. The van der Waals surface area contributed by atoms with E-state index in [1.54, 1.807) is 19.4 Å². The third-order valence-corrected chi connectivity index (χ3v) is 4.45. The van der Waals surface area contributed by atoms with Gasteiger partial charge in [0.25, 0.3) is 0 Å². The second-order valence-corrected chi connectivity index (χ2v) is 6.30. The van der Waals surface area contributed by atoms with Crippen LogP contribution in [0.25, 0.3) is 16.4 Å². The maximum atomic E-state index is 12.5. The Balaban J connectivity index is 2.08. The summed E-state index contributed by atoms with van der Waals surface area (Å²) in [6.07, 6.45) is 1.40. The molecule has 29 heavy (non-hydrogen) atoms. The van der Waals surface area contributed by atoms with Crippen molar-refractivity contribution in [2.45, 2.75) is 31.4 Å². The molecule has 0 aliphatic heterocycles. The first kappa shape index (κ1) is 21.8. The van der Waals surface area contributed by atoms with Crippen LogP contribution in [0, 0.1) is 0 Å². The Morgan fingerprint density at radius 1 is 1.34 bits per heavy atom. The molecule has 2 rings (SSSR count). The molecule has 0 aliphatic carbocycles. The molecule has 154 valence electrons. The van der Waals surface area contributed by atoms with Gasteiger partial charge >= 0.3 is 12.2 Å². The molecule has 0 saturated heterocycles. The Labute approximate surface area is 166 Å². The van der Waals surface area contributed by atoms with Crippen LogP contribution in [-0.2, 0) is 25.5 Å². The lowest BCUT2D eigenvalue weighted by Gasteiger charge is -2.19. The monoisotopic (exact) mass is 402 g/mol. The number of nitrogens with zero attached hydrogens (tertiary/aromatic N) is 2. The average Bonchev–Trinajstić information content (AvgIpc) is 3.10. The van der Waals surface area contributed by atoms with Gasteiger partial charge < -0.3 is 30.4 Å². The molecule has 0 fully saturated rings. The Hall–Kier alpha value is -3.49. The molecular weight excluding hydrogens is 380 g/mol. The quantitative estimate of drug-likeness (QED) is 0.289. The Morgan fingerprint density at radius 2 is 2.10 bits per heavy atom. The van der Waals surface area contributed by atoms with Crippen molar-refractivity contribution in [2.24, 2.45) is 0 Å². The summed E-state index contributed by atoms with van der Waals surface area (Å²) >= 11 is 0. The molecule has 1 heterocycles. The number of carbonyl (C=O) groups excluding carboxylic acids is 2. The fourth-order valence-electron chi connectivity index (χ4n) is 2.88. The van der Waals surface area contributed by atoms with Gasteiger partial charge in [-0.3, -0.25) is 9.59 Å². The zero-order valence-electron chi connectivity index (χ0n) is 16.0. The van der Waals surface area contributed by atoms with E-state index in [1.165, 1.54) is 7.11 Å². The summed E-state index contributed by atoms with van der Waals surface area (Å²) < 4.78 is 10.4.